The largest absolute Gasteiger partial charge is 0.333 e. The number of nitrogens with two attached hydrogens (primary N) is 1. The minimum absolute atomic E-state index is 0.0330. The van der Waals surface area contributed by atoms with Crippen molar-refractivity contribution in [1.82, 2.24) is 5.32 Å². The Bertz CT molecular complexity index is 501. The van der Waals surface area contributed by atoms with E-state index in [1.165, 1.54) is 5.56 Å². The Labute approximate surface area is 126 Å². The van der Waals surface area contributed by atoms with Gasteiger partial charge in [0, 0.05) is 5.56 Å². The van der Waals surface area contributed by atoms with Crippen LogP contribution in [0, 0.1) is 11.3 Å². The quantitative estimate of drug-likeness (QED) is 0.861. The van der Waals surface area contributed by atoms with E-state index in [0.29, 0.717) is 0 Å². The first-order valence-electron chi connectivity index (χ1n) is 7.76. The van der Waals surface area contributed by atoms with Gasteiger partial charge in [-0.25, -0.2) is 0 Å². The fourth-order valence-electron chi connectivity index (χ4n) is 2.80. The van der Waals surface area contributed by atoms with Crippen LogP contribution >= 0.6 is 0 Å². The molecule has 0 bridgehead atoms. The van der Waals surface area contributed by atoms with Crippen LogP contribution < -0.4 is 10.6 Å². The van der Waals surface area contributed by atoms with E-state index < -0.39 is 5.54 Å². The molecular formula is C17H24N3O+. The average molecular weight is 286 g/mol. The van der Waals surface area contributed by atoms with Crippen LogP contribution in [0.5, 0.6) is 0 Å². The van der Waals surface area contributed by atoms with Crippen molar-refractivity contribution in [3.8, 4) is 6.07 Å². The summed E-state index contributed by atoms with van der Waals surface area (Å²) in [5.41, 5.74) is 0.564. The van der Waals surface area contributed by atoms with Crippen molar-refractivity contribution < 1.29 is 10.1 Å². The van der Waals surface area contributed by atoms with Gasteiger partial charge in [-0.3, -0.25) is 4.79 Å². The third-order valence-electron chi connectivity index (χ3n) is 4.25. The molecule has 2 rings (SSSR count). The molecule has 1 atom stereocenters. The van der Waals surface area contributed by atoms with E-state index in [1.807, 2.05) is 30.4 Å². The van der Waals surface area contributed by atoms with Gasteiger partial charge < -0.3 is 10.6 Å². The molecule has 1 amide bonds. The van der Waals surface area contributed by atoms with E-state index in [-0.39, 0.29) is 11.9 Å². The van der Waals surface area contributed by atoms with Crippen LogP contribution in [0.1, 0.15) is 44.6 Å². The van der Waals surface area contributed by atoms with Gasteiger partial charge in [0.2, 0.25) is 0 Å². The van der Waals surface area contributed by atoms with Crippen LogP contribution in [0.15, 0.2) is 30.3 Å². The Hall–Kier alpha value is -1.86. The van der Waals surface area contributed by atoms with Gasteiger partial charge >= 0.3 is 0 Å². The van der Waals surface area contributed by atoms with Crippen molar-refractivity contribution >= 4 is 5.91 Å². The van der Waals surface area contributed by atoms with Gasteiger partial charge in [0.15, 0.2) is 6.04 Å². The lowest BCUT2D eigenvalue weighted by atomic mass is 9.82. The number of hydrogen-bond donors (Lipinski definition) is 2. The maximum atomic E-state index is 12.3. The van der Waals surface area contributed by atoms with E-state index >= 15 is 0 Å². The SMILES string of the molecule is C[C@@H]([NH2+]Cc1ccccc1)C(=O)NC1(C#N)CCCCC1. The monoisotopic (exact) mass is 286 g/mol. The van der Waals surface area contributed by atoms with Crippen molar-refractivity contribution in [1.29, 1.82) is 5.26 Å². The molecule has 1 saturated carbocycles. The Kier molecular flexibility index (Phi) is 5.35. The molecule has 3 N–H and O–H groups in total. The van der Waals surface area contributed by atoms with Crippen LogP contribution in [0.2, 0.25) is 0 Å². The summed E-state index contributed by atoms with van der Waals surface area (Å²) >= 11 is 0. The minimum atomic E-state index is -0.635. The molecule has 0 saturated heterocycles. The third kappa shape index (κ3) is 4.30. The van der Waals surface area contributed by atoms with Gasteiger partial charge in [-0.05, 0) is 19.8 Å². The first-order valence-corrected chi connectivity index (χ1v) is 7.76. The van der Waals surface area contributed by atoms with Gasteiger partial charge in [-0.15, -0.1) is 0 Å². The first-order chi connectivity index (χ1) is 10.2. The lowest BCUT2D eigenvalue weighted by Gasteiger charge is -2.32. The predicted octanol–water partition coefficient (Wildman–Crippen LogP) is 1.48. The van der Waals surface area contributed by atoms with Crippen LogP contribution in [-0.2, 0) is 11.3 Å². The number of nitrogens with zero attached hydrogens (tertiary/aromatic N) is 1. The summed E-state index contributed by atoms with van der Waals surface area (Å²) in [5.74, 6) is -0.0330. The molecule has 21 heavy (non-hydrogen) atoms. The van der Waals surface area contributed by atoms with Crippen LogP contribution in [0.4, 0.5) is 0 Å². The van der Waals surface area contributed by atoms with Crippen molar-refractivity contribution in [2.45, 2.75) is 57.2 Å². The zero-order valence-electron chi connectivity index (χ0n) is 12.6. The van der Waals surface area contributed by atoms with Gasteiger partial charge in [0.05, 0.1) is 6.07 Å². The van der Waals surface area contributed by atoms with E-state index in [2.05, 4.69) is 23.5 Å². The lowest BCUT2D eigenvalue weighted by molar-refractivity contribution is -0.689. The molecule has 1 aromatic rings. The van der Waals surface area contributed by atoms with E-state index in [9.17, 15) is 10.1 Å². The number of carbonyl (C=O) groups is 1. The van der Waals surface area contributed by atoms with Crippen LogP contribution in [0.3, 0.4) is 0 Å². The summed E-state index contributed by atoms with van der Waals surface area (Å²) in [4.78, 5) is 12.3. The summed E-state index contributed by atoms with van der Waals surface area (Å²) in [6.45, 7) is 2.67. The molecule has 0 unspecified atom stereocenters. The molecule has 1 aromatic carbocycles. The second-order valence-corrected chi connectivity index (χ2v) is 5.96. The maximum absolute atomic E-state index is 12.3. The minimum Gasteiger partial charge on any atom is -0.333 e. The number of benzene rings is 1. The Balaban J connectivity index is 1.86. The highest BCUT2D eigenvalue weighted by atomic mass is 16.2. The topological polar surface area (TPSA) is 69.5 Å². The molecule has 1 aliphatic rings. The zero-order chi connectivity index (χ0) is 15.1. The number of hydrogen-bond acceptors (Lipinski definition) is 2. The fourth-order valence-corrected chi connectivity index (χ4v) is 2.80. The molecular weight excluding hydrogens is 262 g/mol. The van der Waals surface area contributed by atoms with Crippen molar-refractivity contribution in [3.63, 3.8) is 0 Å². The highest BCUT2D eigenvalue weighted by Crippen LogP contribution is 2.27. The normalized spacial score (nSPS) is 18.5. The Morgan fingerprint density at radius 3 is 2.62 bits per heavy atom. The molecule has 112 valence electrons. The van der Waals surface area contributed by atoms with Crippen molar-refractivity contribution in [2.75, 3.05) is 0 Å². The molecule has 4 nitrogen and oxygen atoms in total. The second-order valence-electron chi connectivity index (χ2n) is 5.96. The molecule has 0 radical (unpaired) electrons. The molecule has 1 fully saturated rings. The predicted molar refractivity (Wildman–Crippen MR) is 81.1 cm³/mol. The summed E-state index contributed by atoms with van der Waals surface area (Å²) in [6.07, 6.45) is 4.77. The number of carbonyl (C=O) groups excluding carboxylic acids is 1. The standard InChI is InChI=1S/C17H23N3O/c1-14(19-12-15-8-4-2-5-9-15)16(21)20-17(13-18)10-6-3-7-11-17/h2,4-5,8-9,14,19H,3,6-7,10-12H2,1H3,(H,20,21)/p+1/t14-/m1/s1. The number of rotatable bonds is 5. The first kappa shape index (κ1) is 15.5. The summed E-state index contributed by atoms with van der Waals surface area (Å²) in [5, 5.41) is 14.4. The molecule has 4 heteroatoms. The zero-order valence-corrected chi connectivity index (χ0v) is 12.6. The van der Waals surface area contributed by atoms with Gasteiger partial charge in [0.1, 0.15) is 12.1 Å². The molecule has 0 spiro atoms. The fraction of sp³-hybridized carbons (Fsp3) is 0.529. The summed E-state index contributed by atoms with van der Waals surface area (Å²) < 4.78 is 0. The van der Waals surface area contributed by atoms with E-state index in [4.69, 9.17) is 0 Å². The number of nitrogens with one attached hydrogen (secondary N) is 1. The van der Waals surface area contributed by atoms with Gasteiger partial charge in [-0.1, -0.05) is 49.6 Å². The maximum Gasteiger partial charge on any atom is 0.279 e. The average Bonchev–Trinajstić information content (AvgIpc) is 2.54. The second kappa shape index (κ2) is 7.24. The number of amides is 1. The number of nitriles is 1. The molecule has 1 aliphatic carbocycles. The van der Waals surface area contributed by atoms with Crippen molar-refractivity contribution in [3.05, 3.63) is 35.9 Å². The highest BCUT2D eigenvalue weighted by molar-refractivity contribution is 5.81. The highest BCUT2D eigenvalue weighted by Gasteiger charge is 2.35. The number of quaternary nitrogens is 1. The van der Waals surface area contributed by atoms with Crippen LogP contribution in [0.25, 0.3) is 0 Å². The lowest BCUT2D eigenvalue weighted by Crippen LogP contribution is -2.90. The van der Waals surface area contributed by atoms with Gasteiger partial charge in [0.25, 0.3) is 5.91 Å². The Morgan fingerprint density at radius 2 is 2.00 bits per heavy atom. The van der Waals surface area contributed by atoms with Gasteiger partial charge in [-0.2, -0.15) is 5.26 Å². The van der Waals surface area contributed by atoms with Crippen molar-refractivity contribution in [2.24, 2.45) is 0 Å². The smallest absolute Gasteiger partial charge is 0.279 e. The molecule has 0 aliphatic heterocycles. The molecule has 0 heterocycles. The summed E-state index contributed by atoms with van der Waals surface area (Å²) in [7, 11) is 0. The molecule has 0 aromatic heterocycles. The Morgan fingerprint density at radius 1 is 1.33 bits per heavy atom. The van der Waals surface area contributed by atoms with E-state index in [0.717, 1.165) is 38.6 Å². The van der Waals surface area contributed by atoms with E-state index in [1.54, 1.807) is 0 Å². The third-order valence-corrected chi connectivity index (χ3v) is 4.25. The summed E-state index contributed by atoms with van der Waals surface area (Å²) in [6, 6.07) is 12.2. The van der Waals surface area contributed by atoms with Crippen LogP contribution in [-0.4, -0.2) is 17.5 Å².